The molecule has 0 radical (unpaired) electrons. The van der Waals surface area contributed by atoms with Gasteiger partial charge in [0.15, 0.2) is 0 Å². The van der Waals surface area contributed by atoms with Crippen molar-refractivity contribution in [3.63, 3.8) is 0 Å². The van der Waals surface area contributed by atoms with Crippen molar-refractivity contribution in [3.05, 3.63) is 29.8 Å². The molecular weight excluding hydrogens is 371 g/mol. The molecule has 0 aliphatic rings. The first-order valence-corrected chi connectivity index (χ1v) is 8.06. The third-order valence-electron chi connectivity index (χ3n) is 3.20. The van der Waals surface area contributed by atoms with Crippen LogP contribution in [-0.2, 0) is 10.0 Å². The summed E-state index contributed by atoms with van der Waals surface area (Å²) in [6, 6.07) is 4.21. The summed E-state index contributed by atoms with van der Waals surface area (Å²) in [5.41, 5.74) is 5.36. The summed E-state index contributed by atoms with van der Waals surface area (Å²) in [7, 11) is -2.41. The molecule has 0 bridgehead atoms. The maximum absolute atomic E-state index is 12.3. The number of nitrogens with two attached hydrogens (primary N) is 1. The highest BCUT2D eigenvalue weighted by atomic mass is 35.5. The SMILES string of the molecule is CC(CN)N(C)S(=O)(=O)c1ccc(C(=O)NCC(F)(F)F)cc1.Cl. The van der Waals surface area contributed by atoms with E-state index < -0.39 is 34.7 Å². The molecule has 1 atom stereocenters. The molecule has 138 valence electrons. The van der Waals surface area contributed by atoms with Gasteiger partial charge in [0.25, 0.3) is 5.91 Å². The van der Waals surface area contributed by atoms with Crippen LogP contribution in [0.1, 0.15) is 17.3 Å². The van der Waals surface area contributed by atoms with Gasteiger partial charge < -0.3 is 11.1 Å². The van der Waals surface area contributed by atoms with Gasteiger partial charge in [0.2, 0.25) is 10.0 Å². The van der Waals surface area contributed by atoms with Gasteiger partial charge in [-0.3, -0.25) is 4.79 Å². The largest absolute Gasteiger partial charge is 0.405 e. The van der Waals surface area contributed by atoms with Gasteiger partial charge in [-0.15, -0.1) is 12.4 Å². The van der Waals surface area contributed by atoms with Crippen LogP contribution in [0.5, 0.6) is 0 Å². The van der Waals surface area contributed by atoms with Gasteiger partial charge in [-0.05, 0) is 31.2 Å². The smallest absolute Gasteiger partial charge is 0.343 e. The van der Waals surface area contributed by atoms with Crippen LogP contribution in [0.4, 0.5) is 13.2 Å². The Bertz CT molecular complexity index is 651. The predicted octanol–water partition coefficient (Wildman–Crippen LogP) is 1.37. The summed E-state index contributed by atoms with van der Waals surface area (Å²) in [5.74, 6) is -0.935. The van der Waals surface area contributed by atoms with Crippen LogP contribution in [0.2, 0.25) is 0 Å². The van der Waals surface area contributed by atoms with E-state index in [1.165, 1.54) is 7.05 Å². The fourth-order valence-corrected chi connectivity index (χ4v) is 2.98. The van der Waals surface area contributed by atoms with Crippen LogP contribution in [0.25, 0.3) is 0 Å². The normalized spacial score (nSPS) is 13.3. The van der Waals surface area contributed by atoms with E-state index in [2.05, 4.69) is 0 Å². The molecule has 0 heterocycles. The van der Waals surface area contributed by atoms with Crippen molar-refractivity contribution in [1.29, 1.82) is 0 Å². The summed E-state index contributed by atoms with van der Waals surface area (Å²) in [5, 5.41) is 1.71. The summed E-state index contributed by atoms with van der Waals surface area (Å²) < 4.78 is 61.8. The zero-order chi connectivity index (χ0) is 17.8. The van der Waals surface area contributed by atoms with Gasteiger partial charge in [0.05, 0.1) is 4.90 Å². The third-order valence-corrected chi connectivity index (χ3v) is 5.19. The fourth-order valence-electron chi connectivity index (χ4n) is 1.61. The van der Waals surface area contributed by atoms with Crippen molar-refractivity contribution in [3.8, 4) is 0 Å². The van der Waals surface area contributed by atoms with Crippen molar-refractivity contribution in [1.82, 2.24) is 9.62 Å². The minimum atomic E-state index is -4.51. The molecule has 0 saturated carbocycles. The molecule has 1 aromatic carbocycles. The molecule has 3 N–H and O–H groups in total. The van der Waals surface area contributed by atoms with Gasteiger partial charge in [0, 0.05) is 25.2 Å². The molecule has 1 rings (SSSR count). The molecule has 11 heteroatoms. The topological polar surface area (TPSA) is 92.5 Å². The Labute approximate surface area is 144 Å². The standard InChI is InChI=1S/C13H18F3N3O3S.ClH/c1-9(7-17)19(2)23(21,22)11-5-3-10(4-6-11)12(20)18-8-13(14,15)16;/h3-6,9H,7-8,17H2,1-2H3,(H,18,20);1H. The van der Waals surface area contributed by atoms with E-state index in [9.17, 15) is 26.4 Å². The Morgan fingerprint density at radius 2 is 1.79 bits per heavy atom. The molecule has 0 aromatic heterocycles. The number of carbonyl (C=O) groups excluding carboxylic acids is 1. The second-order valence-electron chi connectivity index (χ2n) is 4.93. The number of sulfonamides is 1. The van der Waals surface area contributed by atoms with E-state index >= 15 is 0 Å². The second kappa shape index (κ2) is 8.65. The molecule has 24 heavy (non-hydrogen) atoms. The number of carbonyl (C=O) groups is 1. The van der Waals surface area contributed by atoms with Crippen LogP contribution in [0.15, 0.2) is 29.2 Å². The van der Waals surface area contributed by atoms with Gasteiger partial charge >= 0.3 is 6.18 Å². The number of halogens is 4. The number of hydrogen-bond donors (Lipinski definition) is 2. The monoisotopic (exact) mass is 389 g/mol. The Balaban J connectivity index is 0.00000529. The fraction of sp³-hybridized carbons (Fsp3) is 0.462. The lowest BCUT2D eigenvalue weighted by atomic mass is 10.2. The van der Waals surface area contributed by atoms with Crippen LogP contribution >= 0.6 is 12.4 Å². The average Bonchev–Trinajstić information content (AvgIpc) is 2.50. The first-order chi connectivity index (χ1) is 10.5. The molecule has 0 fully saturated rings. The number of nitrogens with one attached hydrogen (secondary N) is 1. The zero-order valence-corrected chi connectivity index (χ0v) is 14.6. The minimum Gasteiger partial charge on any atom is -0.343 e. The van der Waals surface area contributed by atoms with Gasteiger partial charge in [-0.25, -0.2) is 8.42 Å². The van der Waals surface area contributed by atoms with Gasteiger partial charge in [-0.2, -0.15) is 17.5 Å². The van der Waals surface area contributed by atoms with Crippen molar-refractivity contribution >= 4 is 28.3 Å². The van der Waals surface area contributed by atoms with Crippen molar-refractivity contribution in [2.45, 2.75) is 24.0 Å². The highest BCUT2D eigenvalue weighted by Crippen LogP contribution is 2.17. The highest BCUT2D eigenvalue weighted by Gasteiger charge is 2.28. The summed E-state index contributed by atoms with van der Waals surface area (Å²) >= 11 is 0. The van der Waals surface area contributed by atoms with Crippen molar-refractivity contribution in [2.24, 2.45) is 5.73 Å². The highest BCUT2D eigenvalue weighted by molar-refractivity contribution is 7.89. The Kier molecular flexibility index (Phi) is 8.16. The first-order valence-electron chi connectivity index (χ1n) is 6.62. The van der Waals surface area contributed by atoms with Crippen LogP contribution in [0.3, 0.4) is 0 Å². The lowest BCUT2D eigenvalue weighted by Crippen LogP contribution is -2.39. The Morgan fingerprint density at radius 1 is 1.29 bits per heavy atom. The molecule has 0 aliphatic carbocycles. The molecule has 0 saturated heterocycles. The average molecular weight is 390 g/mol. The van der Waals surface area contributed by atoms with E-state index in [0.717, 1.165) is 28.6 Å². The van der Waals surface area contributed by atoms with E-state index in [0.29, 0.717) is 0 Å². The quantitative estimate of drug-likeness (QED) is 0.768. The molecule has 1 aromatic rings. The summed E-state index contributed by atoms with van der Waals surface area (Å²) in [4.78, 5) is 11.5. The lowest BCUT2D eigenvalue weighted by Gasteiger charge is -2.23. The molecular formula is C13H19ClF3N3O3S. The van der Waals surface area contributed by atoms with Gasteiger partial charge in [-0.1, -0.05) is 0 Å². The maximum atomic E-state index is 12.3. The first kappa shape index (κ1) is 22.6. The number of likely N-dealkylation sites (N-methyl/N-ethyl adjacent to an activating group) is 1. The predicted molar refractivity (Wildman–Crippen MR) is 85.5 cm³/mol. The maximum Gasteiger partial charge on any atom is 0.405 e. The Morgan fingerprint density at radius 3 is 2.21 bits per heavy atom. The van der Waals surface area contributed by atoms with E-state index in [1.807, 2.05) is 0 Å². The Hall–Kier alpha value is -1.36. The molecule has 6 nitrogen and oxygen atoms in total. The second-order valence-corrected chi connectivity index (χ2v) is 6.93. The molecule has 0 spiro atoms. The number of alkyl halides is 3. The summed E-state index contributed by atoms with van der Waals surface area (Å²) in [6.07, 6.45) is -4.51. The number of nitrogens with zero attached hydrogens (tertiary/aromatic N) is 1. The van der Waals surface area contributed by atoms with E-state index in [1.54, 1.807) is 12.2 Å². The lowest BCUT2D eigenvalue weighted by molar-refractivity contribution is -0.123. The van der Waals surface area contributed by atoms with Gasteiger partial charge in [0.1, 0.15) is 6.54 Å². The molecule has 1 unspecified atom stereocenters. The summed E-state index contributed by atoms with van der Waals surface area (Å²) in [6.45, 7) is 0.312. The number of hydrogen-bond acceptors (Lipinski definition) is 4. The van der Waals surface area contributed by atoms with E-state index in [4.69, 9.17) is 5.73 Å². The van der Waals surface area contributed by atoms with Crippen LogP contribution in [-0.4, -0.2) is 51.0 Å². The van der Waals surface area contributed by atoms with E-state index in [-0.39, 0.29) is 29.4 Å². The van der Waals surface area contributed by atoms with Crippen molar-refractivity contribution < 1.29 is 26.4 Å². The van der Waals surface area contributed by atoms with Crippen LogP contribution in [0, 0.1) is 0 Å². The van der Waals surface area contributed by atoms with Crippen molar-refractivity contribution in [2.75, 3.05) is 20.1 Å². The zero-order valence-electron chi connectivity index (χ0n) is 13.0. The number of benzene rings is 1. The number of rotatable bonds is 6. The van der Waals surface area contributed by atoms with Crippen LogP contribution < -0.4 is 11.1 Å². The molecule has 0 aliphatic heterocycles. The minimum absolute atomic E-state index is 0. The number of amides is 1. The molecule has 1 amide bonds. The third kappa shape index (κ3) is 5.93.